The molecule has 6 nitrogen and oxygen atoms in total. The number of nitrogens with one attached hydrogen (secondary N) is 1. The number of benzene rings is 1. The van der Waals surface area contributed by atoms with Crippen LogP contribution in [0.3, 0.4) is 0 Å². The molecule has 1 aromatic heterocycles. The van der Waals surface area contributed by atoms with Gasteiger partial charge in [-0.05, 0) is 19.1 Å². The molecule has 2 heterocycles. The number of ether oxygens (including phenoxy) is 1. The molecule has 1 unspecified atom stereocenters. The Bertz CT molecular complexity index is 643. The molecule has 3 rings (SSSR count). The van der Waals surface area contributed by atoms with Crippen molar-refractivity contribution in [1.82, 2.24) is 10.2 Å². The van der Waals surface area contributed by atoms with Gasteiger partial charge in [-0.3, -0.25) is 9.69 Å². The zero-order chi connectivity index (χ0) is 14.1. The Kier molecular flexibility index (Phi) is 3.27. The number of rotatable bonds is 3. The zero-order valence-electron chi connectivity index (χ0n) is 11.2. The van der Waals surface area contributed by atoms with Crippen molar-refractivity contribution in [2.45, 2.75) is 19.6 Å². The van der Waals surface area contributed by atoms with E-state index in [-0.39, 0.29) is 5.91 Å². The first-order chi connectivity index (χ1) is 9.69. The van der Waals surface area contributed by atoms with Crippen molar-refractivity contribution in [3.63, 3.8) is 0 Å². The Hall–Kier alpha value is -2.15. The number of anilines is 2. The monoisotopic (exact) mass is 290 g/mol. The lowest BCUT2D eigenvalue weighted by molar-refractivity contribution is -0.125. The summed E-state index contributed by atoms with van der Waals surface area (Å²) in [6.07, 6.45) is -0.485. The van der Waals surface area contributed by atoms with Crippen molar-refractivity contribution in [1.29, 1.82) is 0 Å². The van der Waals surface area contributed by atoms with Crippen LogP contribution in [0.4, 0.5) is 10.8 Å². The van der Waals surface area contributed by atoms with Crippen LogP contribution >= 0.6 is 11.3 Å². The second-order valence-electron chi connectivity index (χ2n) is 4.40. The molecule has 0 fully saturated rings. The van der Waals surface area contributed by atoms with E-state index in [1.165, 1.54) is 11.3 Å². The Morgan fingerprint density at radius 3 is 2.95 bits per heavy atom. The Balaban J connectivity index is 1.92. The Morgan fingerprint density at radius 2 is 2.20 bits per heavy atom. The van der Waals surface area contributed by atoms with Crippen LogP contribution in [0.15, 0.2) is 24.3 Å². The normalized spacial score (nSPS) is 17.6. The summed E-state index contributed by atoms with van der Waals surface area (Å²) in [5.41, 5.74) is 0.775. The smallest absolute Gasteiger partial charge is 0.268 e. The van der Waals surface area contributed by atoms with Gasteiger partial charge in [-0.25, -0.2) is 0 Å². The first-order valence-corrected chi connectivity index (χ1v) is 7.08. The maximum Gasteiger partial charge on any atom is 0.268 e. The predicted molar refractivity (Wildman–Crippen MR) is 77.2 cm³/mol. The molecule has 1 atom stereocenters. The van der Waals surface area contributed by atoms with E-state index in [1.54, 1.807) is 18.9 Å². The SMILES string of the molecule is CNc1nnc(CN2C(=O)C(C)Oc3ccccc32)s1. The number of nitrogens with zero attached hydrogens (tertiary/aromatic N) is 3. The molecule has 0 aliphatic carbocycles. The van der Waals surface area contributed by atoms with Crippen LogP contribution < -0.4 is 15.0 Å². The molecule has 0 bridgehead atoms. The van der Waals surface area contributed by atoms with Gasteiger partial charge in [0, 0.05) is 7.05 Å². The summed E-state index contributed by atoms with van der Waals surface area (Å²) >= 11 is 1.44. The zero-order valence-corrected chi connectivity index (χ0v) is 12.0. The standard InChI is InChI=1S/C13H14N4O2S/c1-8-12(18)17(7-11-15-16-13(14-2)20-11)9-5-3-4-6-10(9)19-8/h3-6,8H,7H2,1-2H3,(H,14,16). The summed E-state index contributed by atoms with van der Waals surface area (Å²) < 4.78 is 5.60. The fourth-order valence-electron chi connectivity index (χ4n) is 2.08. The minimum atomic E-state index is -0.485. The summed E-state index contributed by atoms with van der Waals surface area (Å²) in [5.74, 6) is 0.655. The number of amides is 1. The van der Waals surface area contributed by atoms with Crippen molar-refractivity contribution < 1.29 is 9.53 Å². The highest BCUT2D eigenvalue weighted by Crippen LogP contribution is 2.35. The minimum Gasteiger partial charge on any atom is -0.479 e. The average molecular weight is 290 g/mol. The lowest BCUT2D eigenvalue weighted by Gasteiger charge is -2.32. The fourth-order valence-corrected chi connectivity index (χ4v) is 2.76. The van der Waals surface area contributed by atoms with Crippen LogP contribution in [-0.2, 0) is 11.3 Å². The van der Waals surface area contributed by atoms with E-state index in [9.17, 15) is 4.79 Å². The van der Waals surface area contributed by atoms with Crippen molar-refractivity contribution in [3.8, 4) is 5.75 Å². The van der Waals surface area contributed by atoms with Gasteiger partial charge in [0.25, 0.3) is 5.91 Å². The predicted octanol–water partition coefficient (Wildman–Crippen LogP) is 1.89. The van der Waals surface area contributed by atoms with Crippen LogP contribution in [0.5, 0.6) is 5.75 Å². The Morgan fingerprint density at radius 1 is 1.40 bits per heavy atom. The van der Waals surface area contributed by atoms with Crippen molar-refractivity contribution >= 4 is 28.1 Å². The molecule has 0 saturated carbocycles. The van der Waals surface area contributed by atoms with E-state index in [0.717, 1.165) is 21.6 Å². The van der Waals surface area contributed by atoms with Crippen molar-refractivity contribution in [2.24, 2.45) is 0 Å². The second-order valence-corrected chi connectivity index (χ2v) is 5.47. The summed E-state index contributed by atoms with van der Waals surface area (Å²) in [4.78, 5) is 14.0. The second kappa shape index (κ2) is 5.09. The van der Waals surface area contributed by atoms with Gasteiger partial charge in [0.1, 0.15) is 10.8 Å². The molecular weight excluding hydrogens is 276 g/mol. The number of hydrogen-bond acceptors (Lipinski definition) is 6. The van der Waals surface area contributed by atoms with Gasteiger partial charge in [-0.1, -0.05) is 23.5 Å². The highest BCUT2D eigenvalue weighted by atomic mass is 32.1. The van der Waals surface area contributed by atoms with Crippen molar-refractivity contribution in [3.05, 3.63) is 29.3 Å². The maximum atomic E-state index is 12.3. The molecule has 1 aromatic carbocycles. The third kappa shape index (κ3) is 2.20. The third-order valence-electron chi connectivity index (χ3n) is 3.05. The van der Waals surface area contributed by atoms with E-state index in [2.05, 4.69) is 15.5 Å². The molecular formula is C13H14N4O2S. The van der Waals surface area contributed by atoms with E-state index in [1.807, 2.05) is 24.3 Å². The van der Waals surface area contributed by atoms with Gasteiger partial charge in [0.2, 0.25) is 5.13 Å². The van der Waals surface area contributed by atoms with Crippen molar-refractivity contribution in [2.75, 3.05) is 17.3 Å². The third-order valence-corrected chi connectivity index (χ3v) is 3.97. The molecule has 7 heteroatoms. The fraction of sp³-hybridized carbons (Fsp3) is 0.308. The number of carbonyl (C=O) groups is 1. The quantitative estimate of drug-likeness (QED) is 0.935. The van der Waals surface area contributed by atoms with Gasteiger partial charge in [-0.2, -0.15) is 0 Å². The van der Waals surface area contributed by atoms with Crippen LogP contribution in [0, 0.1) is 0 Å². The van der Waals surface area contributed by atoms with Gasteiger partial charge in [0.15, 0.2) is 6.10 Å². The van der Waals surface area contributed by atoms with Gasteiger partial charge < -0.3 is 10.1 Å². The van der Waals surface area contributed by atoms with Crippen LogP contribution in [-0.4, -0.2) is 29.3 Å². The van der Waals surface area contributed by atoms with Gasteiger partial charge in [-0.15, -0.1) is 10.2 Å². The van der Waals surface area contributed by atoms with E-state index in [0.29, 0.717) is 6.54 Å². The van der Waals surface area contributed by atoms with Crippen LogP contribution in [0.2, 0.25) is 0 Å². The molecule has 1 aliphatic heterocycles. The maximum absolute atomic E-state index is 12.3. The molecule has 1 aliphatic rings. The Labute approximate surface area is 120 Å². The number of fused-ring (bicyclic) bond motifs is 1. The lowest BCUT2D eigenvalue weighted by Crippen LogP contribution is -2.43. The number of hydrogen-bond donors (Lipinski definition) is 1. The molecule has 0 radical (unpaired) electrons. The topological polar surface area (TPSA) is 67.4 Å². The summed E-state index contributed by atoms with van der Waals surface area (Å²) in [6.45, 7) is 2.16. The number of para-hydroxylation sites is 2. The van der Waals surface area contributed by atoms with E-state index in [4.69, 9.17) is 4.74 Å². The summed E-state index contributed by atoms with van der Waals surface area (Å²) in [7, 11) is 1.79. The number of carbonyl (C=O) groups excluding carboxylic acids is 1. The molecule has 1 amide bonds. The molecule has 1 N–H and O–H groups in total. The van der Waals surface area contributed by atoms with Crippen LogP contribution in [0.25, 0.3) is 0 Å². The minimum absolute atomic E-state index is 0.0649. The van der Waals surface area contributed by atoms with E-state index >= 15 is 0 Å². The first kappa shape index (κ1) is 12.9. The highest BCUT2D eigenvalue weighted by molar-refractivity contribution is 7.15. The largest absolute Gasteiger partial charge is 0.479 e. The lowest BCUT2D eigenvalue weighted by atomic mass is 10.2. The van der Waals surface area contributed by atoms with Gasteiger partial charge in [0.05, 0.1) is 12.2 Å². The molecule has 0 spiro atoms. The molecule has 0 saturated heterocycles. The molecule has 2 aromatic rings. The summed E-state index contributed by atoms with van der Waals surface area (Å²) in [5, 5.41) is 12.5. The van der Waals surface area contributed by atoms with Crippen LogP contribution in [0.1, 0.15) is 11.9 Å². The molecule has 20 heavy (non-hydrogen) atoms. The van der Waals surface area contributed by atoms with E-state index < -0.39 is 6.10 Å². The summed E-state index contributed by atoms with van der Waals surface area (Å²) in [6, 6.07) is 7.52. The average Bonchev–Trinajstić information content (AvgIpc) is 2.91. The highest BCUT2D eigenvalue weighted by Gasteiger charge is 2.31. The number of aromatic nitrogens is 2. The molecule has 104 valence electrons. The first-order valence-electron chi connectivity index (χ1n) is 6.26. The van der Waals surface area contributed by atoms with Gasteiger partial charge >= 0.3 is 0 Å².